The van der Waals surface area contributed by atoms with Crippen molar-refractivity contribution in [3.63, 3.8) is 0 Å². The maximum Gasteiger partial charge on any atom is 0.220 e. The lowest BCUT2D eigenvalue weighted by Gasteiger charge is -2.23. The highest BCUT2D eigenvalue weighted by molar-refractivity contribution is 5.76. The van der Waals surface area contributed by atoms with Gasteiger partial charge in [0.05, 0.1) is 0 Å². The second kappa shape index (κ2) is 5.66. The first-order chi connectivity index (χ1) is 7.84. The van der Waals surface area contributed by atoms with Crippen LogP contribution < -0.4 is 10.6 Å². The maximum atomic E-state index is 11.0. The summed E-state index contributed by atoms with van der Waals surface area (Å²) in [5, 5.41) is 6.36. The van der Waals surface area contributed by atoms with Crippen LogP contribution >= 0.6 is 0 Å². The Morgan fingerprint density at radius 2 is 2.12 bits per heavy atom. The van der Waals surface area contributed by atoms with Crippen molar-refractivity contribution in [3.05, 3.63) is 35.9 Å². The van der Waals surface area contributed by atoms with Crippen molar-refractivity contribution in [1.82, 2.24) is 10.6 Å². The highest BCUT2D eigenvalue weighted by Crippen LogP contribution is 2.03. The second-order valence-corrected chi connectivity index (χ2v) is 4.23. The fourth-order valence-electron chi connectivity index (χ4n) is 1.97. The Hall–Kier alpha value is -1.35. The van der Waals surface area contributed by atoms with Crippen molar-refractivity contribution in [2.45, 2.75) is 25.3 Å². The largest absolute Gasteiger partial charge is 0.355 e. The number of carbonyl (C=O) groups excluding carboxylic acids is 1. The summed E-state index contributed by atoms with van der Waals surface area (Å²) in [6, 6.07) is 10.9. The molecule has 3 heteroatoms. The average Bonchev–Trinajstić information content (AvgIpc) is 2.33. The lowest BCUT2D eigenvalue weighted by Crippen LogP contribution is -2.46. The molecule has 1 heterocycles. The first kappa shape index (κ1) is 11.1. The normalized spacial score (nSPS) is 20.5. The number of carbonyl (C=O) groups is 1. The summed E-state index contributed by atoms with van der Waals surface area (Å²) in [5.74, 6) is 0.182. The maximum absolute atomic E-state index is 11.0. The van der Waals surface area contributed by atoms with Crippen molar-refractivity contribution in [1.29, 1.82) is 0 Å². The summed E-state index contributed by atoms with van der Waals surface area (Å²) in [6.07, 6.45) is 2.66. The number of amides is 1. The van der Waals surface area contributed by atoms with E-state index >= 15 is 0 Å². The van der Waals surface area contributed by atoms with E-state index in [1.54, 1.807) is 0 Å². The van der Waals surface area contributed by atoms with E-state index in [9.17, 15) is 4.79 Å². The molecule has 3 nitrogen and oxygen atoms in total. The molecule has 0 radical (unpaired) electrons. The molecule has 0 aromatic heterocycles. The van der Waals surface area contributed by atoms with Gasteiger partial charge >= 0.3 is 0 Å². The van der Waals surface area contributed by atoms with Gasteiger partial charge in [0.15, 0.2) is 0 Å². The van der Waals surface area contributed by atoms with Crippen LogP contribution in [0.15, 0.2) is 30.3 Å². The molecule has 1 aromatic carbocycles. The minimum atomic E-state index is 0.182. The molecule has 1 atom stereocenters. The van der Waals surface area contributed by atoms with Gasteiger partial charge in [0, 0.05) is 19.0 Å². The van der Waals surface area contributed by atoms with Crippen molar-refractivity contribution in [2.75, 3.05) is 13.1 Å². The minimum absolute atomic E-state index is 0.182. The van der Waals surface area contributed by atoms with Crippen LogP contribution in [0.25, 0.3) is 0 Å². The first-order valence-electron chi connectivity index (χ1n) is 5.88. The Morgan fingerprint density at radius 3 is 2.81 bits per heavy atom. The van der Waals surface area contributed by atoms with Gasteiger partial charge in [-0.3, -0.25) is 4.79 Å². The van der Waals surface area contributed by atoms with Crippen LogP contribution in [0.4, 0.5) is 0 Å². The van der Waals surface area contributed by atoms with Gasteiger partial charge in [-0.15, -0.1) is 0 Å². The van der Waals surface area contributed by atoms with Crippen molar-refractivity contribution in [2.24, 2.45) is 0 Å². The Bertz CT molecular complexity index is 327. The van der Waals surface area contributed by atoms with Gasteiger partial charge in [0.25, 0.3) is 0 Å². The number of rotatable bonds is 4. The van der Waals surface area contributed by atoms with E-state index in [-0.39, 0.29) is 5.91 Å². The van der Waals surface area contributed by atoms with E-state index in [2.05, 4.69) is 34.9 Å². The highest BCUT2D eigenvalue weighted by Gasteiger charge is 2.16. The first-order valence-corrected chi connectivity index (χ1v) is 5.88. The zero-order valence-electron chi connectivity index (χ0n) is 9.41. The van der Waals surface area contributed by atoms with Crippen LogP contribution in [0.1, 0.15) is 18.4 Å². The van der Waals surface area contributed by atoms with E-state index in [0.29, 0.717) is 12.5 Å². The quantitative estimate of drug-likeness (QED) is 0.794. The van der Waals surface area contributed by atoms with Crippen LogP contribution in [0.5, 0.6) is 0 Å². The number of nitrogens with one attached hydrogen (secondary N) is 2. The van der Waals surface area contributed by atoms with Gasteiger partial charge in [-0.25, -0.2) is 0 Å². The third kappa shape index (κ3) is 3.35. The van der Waals surface area contributed by atoms with Crippen LogP contribution in [0.3, 0.4) is 0 Å². The lowest BCUT2D eigenvalue weighted by molar-refractivity contribution is -0.122. The van der Waals surface area contributed by atoms with Gasteiger partial charge < -0.3 is 10.6 Å². The zero-order chi connectivity index (χ0) is 11.2. The van der Waals surface area contributed by atoms with Gasteiger partial charge in [-0.1, -0.05) is 30.3 Å². The fourth-order valence-corrected chi connectivity index (χ4v) is 1.97. The lowest BCUT2D eigenvalue weighted by atomic mass is 10.1. The molecule has 1 fully saturated rings. The zero-order valence-corrected chi connectivity index (χ0v) is 9.41. The van der Waals surface area contributed by atoms with Gasteiger partial charge in [-0.2, -0.15) is 0 Å². The Morgan fingerprint density at radius 1 is 1.31 bits per heavy atom. The van der Waals surface area contributed by atoms with Crippen LogP contribution in [-0.4, -0.2) is 25.0 Å². The number of benzene rings is 1. The van der Waals surface area contributed by atoms with E-state index in [1.807, 2.05) is 6.07 Å². The molecule has 1 aliphatic heterocycles. The third-order valence-electron chi connectivity index (χ3n) is 2.96. The highest BCUT2D eigenvalue weighted by atomic mass is 16.1. The van der Waals surface area contributed by atoms with Crippen molar-refractivity contribution < 1.29 is 4.79 Å². The van der Waals surface area contributed by atoms with Crippen LogP contribution in [0, 0.1) is 0 Å². The number of piperidine rings is 1. The predicted molar refractivity (Wildman–Crippen MR) is 64.2 cm³/mol. The van der Waals surface area contributed by atoms with Gasteiger partial charge in [-0.05, 0) is 24.9 Å². The molecule has 2 N–H and O–H groups in total. The molecular weight excluding hydrogens is 200 g/mol. The summed E-state index contributed by atoms with van der Waals surface area (Å²) >= 11 is 0. The standard InChI is InChI=1S/C13H18N2O/c16-13-7-6-12(10-15-13)14-9-8-11-4-2-1-3-5-11/h1-5,12,14H,6-10H2,(H,15,16). The summed E-state index contributed by atoms with van der Waals surface area (Å²) in [4.78, 5) is 11.0. The molecule has 1 saturated heterocycles. The van der Waals surface area contributed by atoms with E-state index in [4.69, 9.17) is 0 Å². The van der Waals surface area contributed by atoms with Crippen molar-refractivity contribution in [3.8, 4) is 0 Å². The van der Waals surface area contributed by atoms with Crippen LogP contribution in [0.2, 0.25) is 0 Å². The Labute approximate surface area is 96.2 Å². The van der Waals surface area contributed by atoms with Crippen LogP contribution in [-0.2, 0) is 11.2 Å². The Balaban J connectivity index is 1.67. The molecule has 0 saturated carbocycles. The molecule has 0 aliphatic carbocycles. The summed E-state index contributed by atoms with van der Waals surface area (Å²) in [6.45, 7) is 1.75. The summed E-state index contributed by atoms with van der Waals surface area (Å²) in [7, 11) is 0. The molecule has 1 amide bonds. The SMILES string of the molecule is O=C1CCC(NCCc2ccccc2)CN1. The molecular formula is C13H18N2O. The summed E-state index contributed by atoms with van der Waals surface area (Å²) < 4.78 is 0. The number of hydrogen-bond acceptors (Lipinski definition) is 2. The van der Waals surface area contributed by atoms with E-state index in [0.717, 1.165) is 25.9 Å². The monoisotopic (exact) mass is 218 g/mol. The molecule has 0 bridgehead atoms. The van der Waals surface area contributed by atoms with Gasteiger partial charge in [0.2, 0.25) is 5.91 Å². The molecule has 1 unspecified atom stereocenters. The molecule has 16 heavy (non-hydrogen) atoms. The predicted octanol–water partition coefficient (Wildman–Crippen LogP) is 1.10. The molecule has 86 valence electrons. The summed E-state index contributed by atoms with van der Waals surface area (Å²) in [5.41, 5.74) is 1.36. The average molecular weight is 218 g/mol. The number of hydrogen-bond donors (Lipinski definition) is 2. The molecule has 2 rings (SSSR count). The molecule has 1 aromatic rings. The van der Waals surface area contributed by atoms with E-state index in [1.165, 1.54) is 5.56 Å². The van der Waals surface area contributed by atoms with Crippen molar-refractivity contribution >= 4 is 5.91 Å². The second-order valence-electron chi connectivity index (χ2n) is 4.23. The Kier molecular flexibility index (Phi) is 3.94. The fraction of sp³-hybridized carbons (Fsp3) is 0.462. The third-order valence-corrected chi connectivity index (χ3v) is 2.96. The molecule has 0 spiro atoms. The van der Waals surface area contributed by atoms with Gasteiger partial charge in [0.1, 0.15) is 0 Å². The molecule has 1 aliphatic rings. The van der Waals surface area contributed by atoms with E-state index < -0.39 is 0 Å². The smallest absolute Gasteiger partial charge is 0.220 e. The topological polar surface area (TPSA) is 41.1 Å². The minimum Gasteiger partial charge on any atom is -0.355 e.